The van der Waals surface area contributed by atoms with E-state index in [4.69, 9.17) is 0 Å². The zero-order valence-corrected chi connectivity index (χ0v) is 13.3. The van der Waals surface area contributed by atoms with Gasteiger partial charge in [0.15, 0.2) is 0 Å². The lowest BCUT2D eigenvalue weighted by atomic mass is 9.93. The molecule has 0 saturated heterocycles. The van der Waals surface area contributed by atoms with E-state index in [2.05, 4.69) is 48.1 Å². The highest BCUT2D eigenvalue weighted by molar-refractivity contribution is 5.47. The summed E-state index contributed by atoms with van der Waals surface area (Å²) in [7, 11) is 8.17. The number of aromatic nitrogens is 2. The van der Waals surface area contributed by atoms with Gasteiger partial charge in [0.2, 0.25) is 5.95 Å². The average Bonchev–Trinajstić information content (AvgIpc) is 2.26. The van der Waals surface area contributed by atoms with Gasteiger partial charge in [-0.15, -0.1) is 0 Å². The number of aryl methyl sites for hydroxylation is 1. The Hall–Kier alpha value is -1.36. The fourth-order valence-corrected chi connectivity index (χ4v) is 2.20. The third kappa shape index (κ3) is 5.03. The lowest BCUT2D eigenvalue weighted by molar-refractivity contribution is 0.254. The summed E-state index contributed by atoms with van der Waals surface area (Å²) in [6, 6.07) is 0. The molecule has 0 amide bonds. The van der Waals surface area contributed by atoms with Crippen LogP contribution in [0.2, 0.25) is 0 Å². The molecule has 1 aromatic rings. The molecule has 0 aliphatic rings. The van der Waals surface area contributed by atoms with Crippen LogP contribution in [0.3, 0.4) is 0 Å². The van der Waals surface area contributed by atoms with Crippen molar-refractivity contribution in [1.82, 2.24) is 14.9 Å². The van der Waals surface area contributed by atoms with Crippen molar-refractivity contribution in [3.05, 3.63) is 11.8 Å². The third-order valence-electron chi connectivity index (χ3n) is 2.84. The van der Waals surface area contributed by atoms with Gasteiger partial charge in [-0.1, -0.05) is 13.8 Å². The summed E-state index contributed by atoms with van der Waals surface area (Å²) in [4.78, 5) is 13.1. The first-order valence-corrected chi connectivity index (χ1v) is 6.61. The summed E-state index contributed by atoms with van der Waals surface area (Å²) in [6.07, 6.45) is 1.86. The van der Waals surface area contributed by atoms with Gasteiger partial charge < -0.3 is 15.1 Å². The molecule has 1 heterocycles. The van der Waals surface area contributed by atoms with Gasteiger partial charge in [-0.25, -0.2) is 4.98 Å². The Labute approximate surface area is 117 Å². The number of hydrogen-bond donors (Lipinski definition) is 1. The predicted molar refractivity (Wildman–Crippen MR) is 81.9 cm³/mol. The number of anilines is 2. The van der Waals surface area contributed by atoms with Gasteiger partial charge in [-0.05, 0) is 26.4 Å². The highest BCUT2D eigenvalue weighted by Crippen LogP contribution is 2.18. The van der Waals surface area contributed by atoms with E-state index in [0.29, 0.717) is 5.95 Å². The van der Waals surface area contributed by atoms with Crippen LogP contribution in [0, 0.1) is 12.3 Å². The van der Waals surface area contributed by atoms with E-state index < -0.39 is 0 Å². The molecule has 1 N–H and O–H groups in total. The monoisotopic (exact) mass is 265 g/mol. The van der Waals surface area contributed by atoms with Gasteiger partial charge in [0, 0.05) is 38.9 Å². The highest BCUT2D eigenvalue weighted by Gasteiger charge is 2.19. The summed E-state index contributed by atoms with van der Waals surface area (Å²) >= 11 is 0. The molecule has 5 heteroatoms. The SMILES string of the molecule is Cc1cnc(NCC(C)(C)CN(C)C)nc1N(C)C. The summed E-state index contributed by atoms with van der Waals surface area (Å²) in [5.74, 6) is 1.66. The molecular weight excluding hydrogens is 238 g/mol. The molecule has 0 aromatic carbocycles. The predicted octanol–water partition coefficient (Wildman–Crippen LogP) is 1.85. The first kappa shape index (κ1) is 15.7. The van der Waals surface area contributed by atoms with Crippen LogP contribution >= 0.6 is 0 Å². The van der Waals surface area contributed by atoms with Gasteiger partial charge in [0.1, 0.15) is 5.82 Å². The molecule has 0 aliphatic carbocycles. The van der Waals surface area contributed by atoms with Crippen LogP contribution in [0.1, 0.15) is 19.4 Å². The molecular formula is C14H27N5. The molecule has 0 unspecified atom stereocenters. The average molecular weight is 265 g/mol. The normalized spacial score (nSPS) is 11.8. The van der Waals surface area contributed by atoms with Crippen LogP contribution in [-0.2, 0) is 0 Å². The Morgan fingerprint density at radius 3 is 2.37 bits per heavy atom. The standard InChI is InChI=1S/C14H27N5/c1-11-8-15-13(17-12(11)19(6)7)16-9-14(2,3)10-18(4)5/h8H,9-10H2,1-7H3,(H,15,16,17). The smallest absolute Gasteiger partial charge is 0.224 e. The lowest BCUT2D eigenvalue weighted by Crippen LogP contribution is -2.34. The second-order valence-corrected chi connectivity index (χ2v) is 6.35. The summed E-state index contributed by atoms with van der Waals surface area (Å²) in [6.45, 7) is 8.37. The van der Waals surface area contributed by atoms with E-state index >= 15 is 0 Å². The van der Waals surface area contributed by atoms with Crippen molar-refractivity contribution in [3.63, 3.8) is 0 Å². The van der Waals surface area contributed by atoms with Crippen LogP contribution in [0.5, 0.6) is 0 Å². The second-order valence-electron chi connectivity index (χ2n) is 6.35. The summed E-state index contributed by atoms with van der Waals surface area (Å²) < 4.78 is 0. The van der Waals surface area contributed by atoms with E-state index in [0.717, 1.165) is 24.5 Å². The van der Waals surface area contributed by atoms with Gasteiger partial charge in [0.05, 0.1) is 0 Å². The fraction of sp³-hybridized carbons (Fsp3) is 0.714. The second kappa shape index (κ2) is 6.19. The van der Waals surface area contributed by atoms with Crippen molar-refractivity contribution in [3.8, 4) is 0 Å². The Balaban J connectivity index is 2.70. The maximum atomic E-state index is 4.54. The quantitative estimate of drug-likeness (QED) is 0.850. The summed E-state index contributed by atoms with van der Waals surface area (Å²) in [5, 5.41) is 3.34. The molecule has 0 fully saturated rings. The summed E-state index contributed by atoms with van der Waals surface area (Å²) in [5.41, 5.74) is 1.26. The molecule has 0 atom stereocenters. The molecule has 0 spiro atoms. The number of nitrogens with one attached hydrogen (secondary N) is 1. The zero-order chi connectivity index (χ0) is 14.6. The largest absolute Gasteiger partial charge is 0.362 e. The molecule has 1 aromatic heterocycles. The van der Waals surface area contributed by atoms with E-state index in [1.54, 1.807) is 0 Å². The van der Waals surface area contributed by atoms with Crippen LogP contribution in [-0.4, -0.2) is 56.1 Å². The molecule has 0 bridgehead atoms. The van der Waals surface area contributed by atoms with Crippen molar-refractivity contribution in [2.75, 3.05) is 51.5 Å². The minimum Gasteiger partial charge on any atom is -0.362 e. The van der Waals surface area contributed by atoms with Crippen molar-refractivity contribution in [2.45, 2.75) is 20.8 Å². The maximum Gasteiger partial charge on any atom is 0.224 e. The topological polar surface area (TPSA) is 44.3 Å². The minimum absolute atomic E-state index is 0.177. The van der Waals surface area contributed by atoms with Crippen LogP contribution in [0.15, 0.2) is 6.20 Å². The fourth-order valence-electron chi connectivity index (χ4n) is 2.20. The first-order valence-electron chi connectivity index (χ1n) is 6.61. The maximum absolute atomic E-state index is 4.54. The number of hydrogen-bond acceptors (Lipinski definition) is 5. The highest BCUT2D eigenvalue weighted by atomic mass is 15.2. The van der Waals surface area contributed by atoms with Crippen LogP contribution in [0.25, 0.3) is 0 Å². The van der Waals surface area contributed by atoms with Crippen molar-refractivity contribution >= 4 is 11.8 Å². The van der Waals surface area contributed by atoms with Crippen LogP contribution in [0.4, 0.5) is 11.8 Å². The molecule has 19 heavy (non-hydrogen) atoms. The number of rotatable bonds is 6. The van der Waals surface area contributed by atoms with E-state index in [1.807, 2.05) is 32.1 Å². The van der Waals surface area contributed by atoms with E-state index in [9.17, 15) is 0 Å². The zero-order valence-electron chi connectivity index (χ0n) is 13.3. The molecule has 0 radical (unpaired) electrons. The molecule has 108 valence electrons. The van der Waals surface area contributed by atoms with Gasteiger partial charge >= 0.3 is 0 Å². The molecule has 1 rings (SSSR count). The van der Waals surface area contributed by atoms with Crippen molar-refractivity contribution < 1.29 is 0 Å². The molecule has 5 nitrogen and oxygen atoms in total. The molecule has 0 saturated carbocycles. The molecule has 0 aliphatic heterocycles. The van der Waals surface area contributed by atoms with Crippen molar-refractivity contribution in [1.29, 1.82) is 0 Å². The Morgan fingerprint density at radius 2 is 1.84 bits per heavy atom. The lowest BCUT2D eigenvalue weighted by Gasteiger charge is -2.28. The first-order chi connectivity index (χ1) is 8.71. The van der Waals surface area contributed by atoms with Gasteiger partial charge in [0.25, 0.3) is 0 Å². The van der Waals surface area contributed by atoms with Gasteiger partial charge in [-0.2, -0.15) is 4.98 Å². The minimum atomic E-state index is 0.177. The third-order valence-corrected chi connectivity index (χ3v) is 2.84. The van der Waals surface area contributed by atoms with E-state index in [1.165, 1.54) is 0 Å². The Bertz CT molecular complexity index is 412. The Morgan fingerprint density at radius 1 is 1.21 bits per heavy atom. The number of nitrogens with zero attached hydrogens (tertiary/aromatic N) is 4. The van der Waals surface area contributed by atoms with E-state index in [-0.39, 0.29) is 5.41 Å². The van der Waals surface area contributed by atoms with Gasteiger partial charge in [-0.3, -0.25) is 0 Å². The van der Waals surface area contributed by atoms with Crippen molar-refractivity contribution in [2.24, 2.45) is 5.41 Å². The Kier molecular flexibility index (Phi) is 5.11. The van der Waals surface area contributed by atoms with Crippen LogP contribution < -0.4 is 10.2 Å².